The molecule has 4 saturated carbocycles. The van der Waals surface area contributed by atoms with Gasteiger partial charge in [0.2, 0.25) is 0 Å². The average molecular weight is 708 g/mol. The molecule has 4 fully saturated rings. The molecular weight excluding hydrogens is 661 g/mol. The van der Waals surface area contributed by atoms with Crippen molar-refractivity contribution in [1.82, 2.24) is 0 Å². The summed E-state index contributed by atoms with van der Waals surface area (Å²) >= 11 is 0.312. The second-order valence-electron chi connectivity index (χ2n) is 11.3. The fourth-order valence-electron chi connectivity index (χ4n) is 6.53. The Hall–Kier alpha value is -0.707. The molecule has 0 spiro atoms. The SMILES string of the molecule is CC1=[C-]C(C)C(C)=C1C.[CH3][GeH][CH3].[Hf].[NH-]C12CC3CC(CC(C3)C1)C2.c1ccc(-c2ccccc2)cc1. The van der Waals surface area contributed by atoms with Gasteiger partial charge in [-0.1, -0.05) is 107 Å². The van der Waals surface area contributed by atoms with E-state index in [1.54, 1.807) is 0 Å². The van der Waals surface area contributed by atoms with Crippen molar-refractivity contribution in [3.05, 3.63) is 89.2 Å². The van der Waals surface area contributed by atoms with Gasteiger partial charge >= 0.3 is 26.9 Å². The first-order chi connectivity index (χ1) is 16.7. The van der Waals surface area contributed by atoms with Crippen LogP contribution < -0.4 is 0 Å². The van der Waals surface area contributed by atoms with Crippen LogP contribution in [-0.2, 0) is 25.8 Å². The average Bonchev–Trinajstić information content (AvgIpc) is 3.05. The van der Waals surface area contributed by atoms with E-state index in [-0.39, 0.29) is 31.4 Å². The minimum atomic E-state index is 0. The summed E-state index contributed by atoms with van der Waals surface area (Å²) in [5.41, 5.74) is 15.1. The third kappa shape index (κ3) is 8.95. The van der Waals surface area contributed by atoms with E-state index in [0.717, 1.165) is 17.8 Å². The van der Waals surface area contributed by atoms with E-state index in [0.29, 0.717) is 21.3 Å². The van der Waals surface area contributed by atoms with Gasteiger partial charge in [-0.15, -0.1) is 12.5 Å². The maximum Gasteiger partial charge on any atom is 0 e. The van der Waals surface area contributed by atoms with Crippen LogP contribution in [0, 0.1) is 29.7 Å². The standard InChI is InChI=1S/C12H10.C10H16N.C9H13.C2H7Ge.Hf/c1-3-7-11(8-4-1)12-9-5-2-6-10-12;11-10-4-7-1-8(5-10)3-9(2-7)6-10;1-6-5-7(2)9(4)8(6)3;1-3-2;/h1-10H;7-9,11H,1-6H2;6H,1-4H3;3H,1-2H3;/q;2*-1;;. The molecule has 7 rings (SSSR count). The molecule has 2 aromatic rings. The Morgan fingerprint density at radius 1 is 0.750 bits per heavy atom. The minimum absolute atomic E-state index is 0. The monoisotopic (exact) mass is 710 g/mol. The molecule has 5 aliphatic rings. The van der Waals surface area contributed by atoms with Gasteiger partial charge in [0.1, 0.15) is 0 Å². The van der Waals surface area contributed by atoms with Crippen molar-refractivity contribution in [3.63, 3.8) is 0 Å². The van der Waals surface area contributed by atoms with Crippen LogP contribution >= 0.6 is 0 Å². The van der Waals surface area contributed by atoms with E-state index in [9.17, 15) is 0 Å². The quantitative estimate of drug-likeness (QED) is 0.208. The predicted molar refractivity (Wildman–Crippen MR) is 156 cm³/mol. The molecule has 3 heteroatoms. The van der Waals surface area contributed by atoms with E-state index in [1.165, 1.54) is 66.4 Å². The molecule has 1 unspecified atom stereocenters. The van der Waals surface area contributed by atoms with Gasteiger partial charge in [-0.05, 0) is 48.1 Å². The molecule has 0 aromatic heterocycles. The second kappa shape index (κ2) is 15.0. The molecule has 193 valence electrons. The fourth-order valence-corrected chi connectivity index (χ4v) is 6.53. The predicted octanol–water partition coefficient (Wildman–Crippen LogP) is 9.60. The molecule has 1 radical (unpaired) electrons. The molecule has 1 atom stereocenters. The summed E-state index contributed by atoms with van der Waals surface area (Å²) in [5, 5.41) is 0. The first-order valence-electron chi connectivity index (χ1n) is 13.6. The molecular formula is C33H46GeHfN-2. The zero-order valence-corrected chi connectivity index (χ0v) is 29.4. The van der Waals surface area contributed by atoms with Crippen LogP contribution in [-0.4, -0.2) is 21.0 Å². The van der Waals surface area contributed by atoms with Gasteiger partial charge in [-0.2, -0.15) is 11.1 Å². The Kier molecular flexibility index (Phi) is 13.2. The molecule has 1 nitrogen and oxygen atoms in total. The number of allylic oxidation sites excluding steroid dienone is 4. The maximum absolute atomic E-state index is 8.21. The molecule has 0 amide bonds. The molecule has 2 aromatic carbocycles. The fraction of sp³-hybridized carbons (Fsp3) is 0.515. The van der Waals surface area contributed by atoms with E-state index in [4.69, 9.17) is 5.73 Å². The first-order valence-corrected chi connectivity index (χ1v) is 18.5. The summed E-state index contributed by atoms with van der Waals surface area (Å²) in [6.07, 6.45) is 11.5. The molecule has 1 N–H and O–H groups in total. The summed E-state index contributed by atoms with van der Waals surface area (Å²) in [5.74, 6) is 7.99. The molecule has 0 heterocycles. The van der Waals surface area contributed by atoms with Crippen molar-refractivity contribution in [1.29, 1.82) is 0 Å². The molecule has 4 bridgehead atoms. The van der Waals surface area contributed by atoms with Gasteiger partial charge in [-0.3, -0.25) is 6.08 Å². The van der Waals surface area contributed by atoms with E-state index in [1.807, 2.05) is 12.1 Å². The Bertz CT molecular complexity index is 906. The third-order valence-electron chi connectivity index (χ3n) is 8.16. The number of benzene rings is 2. The Morgan fingerprint density at radius 2 is 1.11 bits per heavy atom. The van der Waals surface area contributed by atoms with Crippen LogP contribution in [0.3, 0.4) is 0 Å². The van der Waals surface area contributed by atoms with Gasteiger partial charge in [0.15, 0.2) is 0 Å². The van der Waals surface area contributed by atoms with Crippen LogP contribution in [0.2, 0.25) is 11.5 Å². The van der Waals surface area contributed by atoms with Gasteiger partial charge in [0.05, 0.1) is 0 Å². The van der Waals surface area contributed by atoms with E-state index in [2.05, 4.69) is 93.8 Å². The minimum Gasteiger partial charge on any atom is -0.672 e. The smallest absolute Gasteiger partial charge is 0 e. The second-order valence-corrected chi connectivity index (χ2v) is 13.7. The molecule has 36 heavy (non-hydrogen) atoms. The van der Waals surface area contributed by atoms with Crippen molar-refractivity contribution in [2.45, 2.75) is 83.3 Å². The van der Waals surface area contributed by atoms with Crippen LogP contribution in [0.4, 0.5) is 0 Å². The van der Waals surface area contributed by atoms with Crippen molar-refractivity contribution in [2.75, 3.05) is 0 Å². The number of hydrogen-bond donors (Lipinski definition) is 0. The van der Waals surface area contributed by atoms with E-state index < -0.39 is 0 Å². The van der Waals surface area contributed by atoms with Crippen LogP contribution in [0.5, 0.6) is 0 Å². The Morgan fingerprint density at radius 3 is 1.33 bits per heavy atom. The summed E-state index contributed by atoms with van der Waals surface area (Å²) < 4.78 is 0. The van der Waals surface area contributed by atoms with Crippen molar-refractivity contribution >= 4 is 15.4 Å². The zero-order valence-electron chi connectivity index (χ0n) is 23.4. The maximum atomic E-state index is 8.21. The number of hydrogen-bond acceptors (Lipinski definition) is 0. The first kappa shape index (κ1) is 31.5. The van der Waals surface area contributed by atoms with Gasteiger partial charge < -0.3 is 5.73 Å². The van der Waals surface area contributed by atoms with Gasteiger partial charge in [0, 0.05) is 25.8 Å². The van der Waals surface area contributed by atoms with E-state index >= 15 is 0 Å². The summed E-state index contributed by atoms with van der Waals surface area (Å²) in [6, 6.07) is 20.8. The largest absolute Gasteiger partial charge is 0.672 e. The summed E-state index contributed by atoms with van der Waals surface area (Å²) in [6.45, 7) is 8.67. The number of rotatable bonds is 1. The van der Waals surface area contributed by atoms with Crippen molar-refractivity contribution in [3.8, 4) is 11.1 Å². The van der Waals surface area contributed by atoms with Crippen LogP contribution in [0.15, 0.2) is 77.4 Å². The molecule has 0 aliphatic heterocycles. The Labute approximate surface area is 247 Å². The van der Waals surface area contributed by atoms with Gasteiger partial charge in [-0.25, -0.2) is 5.57 Å². The van der Waals surface area contributed by atoms with Crippen molar-refractivity contribution in [2.24, 2.45) is 23.7 Å². The normalized spacial score (nSPS) is 28.9. The zero-order chi connectivity index (χ0) is 25.4. The molecule has 5 aliphatic carbocycles. The van der Waals surface area contributed by atoms with Crippen LogP contribution in [0.25, 0.3) is 16.9 Å². The summed E-state index contributed by atoms with van der Waals surface area (Å²) in [7, 11) is 0. The molecule has 0 saturated heterocycles. The number of nitrogens with one attached hydrogen (secondary N) is 1. The Balaban J connectivity index is 0.000000180. The third-order valence-corrected chi connectivity index (χ3v) is 8.16. The van der Waals surface area contributed by atoms with Gasteiger partial charge in [0.25, 0.3) is 0 Å². The van der Waals surface area contributed by atoms with Crippen molar-refractivity contribution < 1.29 is 25.8 Å². The van der Waals surface area contributed by atoms with Crippen LogP contribution in [0.1, 0.15) is 66.2 Å². The topological polar surface area (TPSA) is 23.8 Å². The summed E-state index contributed by atoms with van der Waals surface area (Å²) in [4.78, 5) is 0.